The molecule has 21 heavy (non-hydrogen) atoms. The third-order valence-electron chi connectivity index (χ3n) is 3.99. The number of Topliss-reactive ketones (excluding diaryl/α,β-unsaturated/α-hetero) is 1. The van der Waals surface area contributed by atoms with Crippen LogP contribution in [0.1, 0.15) is 42.2 Å². The molecule has 110 valence electrons. The molecule has 1 aliphatic rings. The molecule has 0 saturated carbocycles. The number of carbonyl (C=O) groups is 1. The van der Waals surface area contributed by atoms with Gasteiger partial charge in [-0.3, -0.25) is 4.79 Å². The smallest absolute Gasteiger partial charge is 0.165 e. The Hall–Kier alpha value is -2.10. The van der Waals surface area contributed by atoms with E-state index in [9.17, 15) is 4.79 Å². The standard InChI is InChI=1S/C17H21N3O/c1-2-9-20-13-18-11-14(20)12-19-10-5-8-17(21)15-6-3-4-7-16(15)19/h3-4,6-7,11,13H,2,5,8-10,12H2,1H3. The van der Waals surface area contributed by atoms with Crippen molar-refractivity contribution < 1.29 is 4.79 Å². The maximum Gasteiger partial charge on any atom is 0.165 e. The molecule has 2 aromatic rings. The summed E-state index contributed by atoms with van der Waals surface area (Å²) in [5, 5.41) is 0. The first-order valence-corrected chi connectivity index (χ1v) is 7.65. The minimum absolute atomic E-state index is 0.259. The molecule has 0 amide bonds. The van der Waals surface area contributed by atoms with Gasteiger partial charge in [0.25, 0.3) is 0 Å². The maximum atomic E-state index is 12.2. The molecule has 0 radical (unpaired) electrons. The van der Waals surface area contributed by atoms with Crippen LogP contribution in [0, 0.1) is 0 Å². The number of aromatic nitrogens is 2. The Kier molecular flexibility index (Phi) is 4.04. The summed E-state index contributed by atoms with van der Waals surface area (Å²) in [6.07, 6.45) is 6.48. The van der Waals surface area contributed by atoms with Gasteiger partial charge in [0, 0.05) is 37.0 Å². The summed E-state index contributed by atoms with van der Waals surface area (Å²) < 4.78 is 2.20. The molecule has 0 saturated heterocycles. The first kappa shape index (κ1) is 13.9. The van der Waals surface area contributed by atoms with Crippen molar-refractivity contribution in [2.24, 2.45) is 0 Å². The van der Waals surface area contributed by atoms with Crippen molar-refractivity contribution in [3.63, 3.8) is 0 Å². The summed E-state index contributed by atoms with van der Waals surface area (Å²) in [7, 11) is 0. The lowest BCUT2D eigenvalue weighted by Crippen LogP contribution is -2.25. The predicted molar refractivity (Wildman–Crippen MR) is 83.6 cm³/mol. The van der Waals surface area contributed by atoms with E-state index in [2.05, 4.69) is 27.4 Å². The summed E-state index contributed by atoms with van der Waals surface area (Å²) in [5.41, 5.74) is 3.13. The van der Waals surface area contributed by atoms with E-state index in [-0.39, 0.29) is 5.78 Å². The van der Waals surface area contributed by atoms with Crippen molar-refractivity contribution in [3.8, 4) is 0 Å². The number of para-hydroxylation sites is 1. The fraction of sp³-hybridized carbons (Fsp3) is 0.412. The van der Waals surface area contributed by atoms with Gasteiger partial charge in [-0.1, -0.05) is 19.1 Å². The first-order valence-electron chi connectivity index (χ1n) is 7.65. The summed E-state index contributed by atoms with van der Waals surface area (Å²) >= 11 is 0. The molecule has 0 fully saturated rings. The third-order valence-corrected chi connectivity index (χ3v) is 3.99. The Bertz CT molecular complexity index is 632. The molecule has 1 aromatic carbocycles. The largest absolute Gasteiger partial charge is 0.365 e. The molecule has 0 unspecified atom stereocenters. The van der Waals surface area contributed by atoms with E-state index in [4.69, 9.17) is 0 Å². The number of ketones is 1. The van der Waals surface area contributed by atoms with E-state index in [0.717, 1.165) is 43.7 Å². The lowest BCUT2D eigenvalue weighted by Gasteiger charge is -2.25. The monoisotopic (exact) mass is 283 g/mol. The zero-order valence-corrected chi connectivity index (χ0v) is 12.5. The highest BCUT2D eigenvalue weighted by Crippen LogP contribution is 2.27. The number of fused-ring (bicyclic) bond motifs is 1. The Morgan fingerprint density at radius 2 is 2.14 bits per heavy atom. The van der Waals surface area contributed by atoms with E-state index < -0.39 is 0 Å². The van der Waals surface area contributed by atoms with Crippen LogP contribution in [0.5, 0.6) is 0 Å². The topological polar surface area (TPSA) is 38.1 Å². The zero-order valence-electron chi connectivity index (χ0n) is 12.5. The molecule has 4 nitrogen and oxygen atoms in total. The Balaban J connectivity index is 1.89. The van der Waals surface area contributed by atoms with Crippen LogP contribution in [0.4, 0.5) is 5.69 Å². The van der Waals surface area contributed by atoms with E-state index >= 15 is 0 Å². The van der Waals surface area contributed by atoms with E-state index in [1.165, 1.54) is 5.69 Å². The van der Waals surface area contributed by atoms with Crippen molar-refractivity contribution in [2.45, 2.75) is 39.3 Å². The number of imidazole rings is 1. The minimum atomic E-state index is 0.259. The Labute approximate surface area is 125 Å². The second kappa shape index (κ2) is 6.12. The zero-order chi connectivity index (χ0) is 14.7. The molecule has 1 aromatic heterocycles. The van der Waals surface area contributed by atoms with Gasteiger partial charge in [0.05, 0.1) is 18.6 Å². The normalized spacial score (nSPS) is 14.9. The highest BCUT2D eigenvalue weighted by atomic mass is 16.1. The second-order valence-corrected chi connectivity index (χ2v) is 5.54. The van der Waals surface area contributed by atoms with Gasteiger partial charge >= 0.3 is 0 Å². The molecule has 2 heterocycles. The second-order valence-electron chi connectivity index (χ2n) is 5.54. The minimum Gasteiger partial charge on any atom is -0.365 e. The average Bonchev–Trinajstić information content (AvgIpc) is 2.87. The number of hydrogen-bond donors (Lipinski definition) is 0. The van der Waals surface area contributed by atoms with Crippen molar-refractivity contribution >= 4 is 11.5 Å². The average molecular weight is 283 g/mol. The lowest BCUT2D eigenvalue weighted by atomic mass is 10.1. The van der Waals surface area contributed by atoms with Gasteiger partial charge in [-0.25, -0.2) is 4.98 Å². The molecular weight excluding hydrogens is 262 g/mol. The van der Waals surface area contributed by atoms with E-state index in [1.807, 2.05) is 30.7 Å². The van der Waals surface area contributed by atoms with Crippen molar-refractivity contribution in [1.29, 1.82) is 0 Å². The van der Waals surface area contributed by atoms with Gasteiger partial charge in [-0.2, -0.15) is 0 Å². The van der Waals surface area contributed by atoms with Gasteiger partial charge in [-0.15, -0.1) is 0 Å². The third kappa shape index (κ3) is 2.84. The van der Waals surface area contributed by atoms with Crippen LogP contribution < -0.4 is 4.90 Å². The van der Waals surface area contributed by atoms with Crippen LogP contribution in [0.15, 0.2) is 36.8 Å². The first-order chi connectivity index (χ1) is 10.3. The number of rotatable bonds is 4. The maximum absolute atomic E-state index is 12.2. The van der Waals surface area contributed by atoms with Crippen LogP contribution in [0.2, 0.25) is 0 Å². The lowest BCUT2D eigenvalue weighted by molar-refractivity contribution is 0.0984. The molecule has 4 heteroatoms. The van der Waals surface area contributed by atoms with Crippen LogP contribution in [0.3, 0.4) is 0 Å². The Morgan fingerprint density at radius 1 is 1.29 bits per heavy atom. The van der Waals surface area contributed by atoms with Crippen LogP contribution in [0.25, 0.3) is 0 Å². The van der Waals surface area contributed by atoms with E-state index in [1.54, 1.807) is 0 Å². The summed E-state index contributed by atoms with van der Waals surface area (Å²) in [6, 6.07) is 7.95. The fourth-order valence-electron chi connectivity index (χ4n) is 2.95. The molecule has 0 bridgehead atoms. The molecule has 1 aliphatic heterocycles. The molecule has 0 spiro atoms. The highest BCUT2D eigenvalue weighted by molar-refractivity contribution is 6.01. The number of hydrogen-bond acceptors (Lipinski definition) is 3. The van der Waals surface area contributed by atoms with Gasteiger partial charge in [0.15, 0.2) is 5.78 Å². The molecule has 0 aliphatic carbocycles. The molecule has 0 N–H and O–H groups in total. The number of benzene rings is 1. The van der Waals surface area contributed by atoms with Gasteiger partial charge in [-0.05, 0) is 25.0 Å². The Morgan fingerprint density at radius 3 is 3.00 bits per heavy atom. The van der Waals surface area contributed by atoms with E-state index in [0.29, 0.717) is 6.42 Å². The summed E-state index contributed by atoms with van der Waals surface area (Å²) in [6.45, 7) is 4.89. The van der Waals surface area contributed by atoms with Crippen molar-refractivity contribution in [2.75, 3.05) is 11.4 Å². The summed E-state index contributed by atoms with van der Waals surface area (Å²) in [4.78, 5) is 18.8. The van der Waals surface area contributed by atoms with Crippen molar-refractivity contribution in [3.05, 3.63) is 48.0 Å². The quantitative estimate of drug-likeness (QED) is 0.864. The van der Waals surface area contributed by atoms with Crippen LogP contribution in [-0.4, -0.2) is 21.9 Å². The van der Waals surface area contributed by atoms with Gasteiger partial charge in [0.2, 0.25) is 0 Å². The number of nitrogens with zero attached hydrogens (tertiary/aromatic N) is 3. The van der Waals surface area contributed by atoms with Gasteiger partial charge in [0.1, 0.15) is 0 Å². The van der Waals surface area contributed by atoms with Crippen molar-refractivity contribution in [1.82, 2.24) is 9.55 Å². The highest BCUT2D eigenvalue weighted by Gasteiger charge is 2.21. The SMILES string of the molecule is CCCn1cncc1CN1CCCC(=O)c2ccccc21. The van der Waals surface area contributed by atoms with Crippen LogP contribution >= 0.6 is 0 Å². The molecular formula is C17H21N3O. The van der Waals surface area contributed by atoms with Gasteiger partial charge < -0.3 is 9.47 Å². The predicted octanol–water partition coefficient (Wildman–Crippen LogP) is 3.28. The molecule has 0 atom stereocenters. The molecule has 3 rings (SSSR count). The fourth-order valence-corrected chi connectivity index (χ4v) is 2.95. The summed E-state index contributed by atoms with van der Waals surface area (Å²) in [5.74, 6) is 0.259. The number of aryl methyl sites for hydroxylation is 1. The number of anilines is 1. The van der Waals surface area contributed by atoms with Crippen LogP contribution in [-0.2, 0) is 13.1 Å². The number of carbonyl (C=O) groups excluding carboxylic acids is 1.